The number of para-hydroxylation sites is 1. The van der Waals surface area contributed by atoms with E-state index >= 15 is 0 Å². The van der Waals surface area contributed by atoms with Gasteiger partial charge in [0.2, 0.25) is 0 Å². The summed E-state index contributed by atoms with van der Waals surface area (Å²) in [5, 5.41) is 4.13. The molecule has 1 aromatic carbocycles. The van der Waals surface area contributed by atoms with Crippen molar-refractivity contribution in [1.82, 2.24) is 10.3 Å². The lowest BCUT2D eigenvalue weighted by Gasteiger charge is -2.13. The number of benzene rings is 1. The minimum atomic E-state index is -0.0155. The number of hydrogen-bond acceptors (Lipinski definition) is 1. The van der Waals surface area contributed by atoms with E-state index in [0.717, 1.165) is 29.7 Å². The van der Waals surface area contributed by atoms with Gasteiger partial charge < -0.3 is 10.3 Å². The fourth-order valence-electron chi connectivity index (χ4n) is 2.40. The second-order valence-corrected chi connectivity index (χ2v) is 5.97. The molecule has 2 rings (SSSR count). The van der Waals surface area contributed by atoms with Crippen molar-refractivity contribution in [2.24, 2.45) is 5.92 Å². The first kappa shape index (κ1) is 14.6. The molecule has 20 heavy (non-hydrogen) atoms. The SMILES string of the molecule is CC(C)CCCC(C)NC(=O)c1cc2ccccc2[nH]1. The number of rotatable bonds is 6. The van der Waals surface area contributed by atoms with E-state index in [4.69, 9.17) is 0 Å². The van der Waals surface area contributed by atoms with Crippen molar-refractivity contribution in [3.8, 4) is 0 Å². The zero-order chi connectivity index (χ0) is 14.5. The van der Waals surface area contributed by atoms with Gasteiger partial charge in [0.1, 0.15) is 5.69 Å². The van der Waals surface area contributed by atoms with Gasteiger partial charge >= 0.3 is 0 Å². The first-order chi connectivity index (χ1) is 9.56. The maximum absolute atomic E-state index is 12.2. The molecular formula is C17H24N2O. The average Bonchev–Trinajstić information content (AvgIpc) is 2.82. The molecule has 1 heterocycles. The summed E-state index contributed by atoms with van der Waals surface area (Å²) in [5.41, 5.74) is 1.65. The molecule has 0 radical (unpaired) electrons. The molecule has 108 valence electrons. The first-order valence-electron chi connectivity index (χ1n) is 7.45. The van der Waals surface area contributed by atoms with Crippen LogP contribution in [0.15, 0.2) is 30.3 Å². The van der Waals surface area contributed by atoms with Crippen molar-refractivity contribution >= 4 is 16.8 Å². The maximum Gasteiger partial charge on any atom is 0.267 e. The average molecular weight is 272 g/mol. The van der Waals surface area contributed by atoms with Gasteiger partial charge in [-0.05, 0) is 31.4 Å². The quantitative estimate of drug-likeness (QED) is 0.816. The Labute approximate surface area is 120 Å². The molecule has 0 aliphatic heterocycles. The Morgan fingerprint density at radius 2 is 1.95 bits per heavy atom. The van der Waals surface area contributed by atoms with Crippen LogP contribution in [-0.2, 0) is 0 Å². The minimum absolute atomic E-state index is 0.0155. The molecule has 1 atom stereocenters. The largest absolute Gasteiger partial charge is 0.351 e. The third kappa shape index (κ3) is 3.86. The van der Waals surface area contributed by atoms with E-state index in [1.165, 1.54) is 6.42 Å². The van der Waals surface area contributed by atoms with Gasteiger partial charge in [-0.2, -0.15) is 0 Å². The van der Waals surface area contributed by atoms with Crippen LogP contribution in [0.25, 0.3) is 10.9 Å². The molecule has 0 aliphatic carbocycles. The summed E-state index contributed by atoms with van der Waals surface area (Å²) >= 11 is 0. The lowest BCUT2D eigenvalue weighted by atomic mass is 10.0. The van der Waals surface area contributed by atoms with E-state index in [0.29, 0.717) is 5.69 Å². The highest BCUT2D eigenvalue weighted by Crippen LogP contribution is 2.15. The van der Waals surface area contributed by atoms with E-state index in [-0.39, 0.29) is 11.9 Å². The molecule has 3 nitrogen and oxygen atoms in total. The zero-order valence-corrected chi connectivity index (χ0v) is 12.6. The van der Waals surface area contributed by atoms with Crippen molar-refractivity contribution in [1.29, 1.82) is 0 Å². The molecule has 1 unspecified atom stereocenters. The summed E-state index contributed by atoms with van der Waals surface area (Å²) in [7, 11) is 0. The van der Waals surface area contributed by atoms with Crippen LogP contribution < -0.4 is 5.32 Å². The molecule has 0 spiro atoms. The van der Waals surface area contributed by atoms with Gasteiger partial charge in [0.15, 0.2) is 0 Å². The zero-order valence-electron chi connectivity index (χ0n) is 12.6. The minimum Gasteiger partial charge on any atom is -0.351 e. The topological polar surface area (TPSA) is 44.9 Å². The number of H-pyrrole nitrogens is 1. The molecule has 2 N–H and O–H groups in total. The van der Waals surface area contributed by atoms with Crippen LogP contribution in [0.3, 0.4) is 0 Å². The second kappa shape index (κ2) is 6.60. The summed E-state index contributed by atoms with van der Waals surface area (Å²) in [6, 6.07) is 10.1. The van der Waals surface area contributed by atoms with Crippen molar-refractivity contribution < 1.29 is 4.79 Å². The lowest BCUT2D eigenvalue weighted by molar-refractivity contribution is 0.0933. The summed E-state index contributed by atoms with van der Waals surface area (Å²) in [5.74, 6) is 0.713. The van der Waals surface area contributed by atoms with E-state index < -0.39 is 0 Å². The molecule has 0 aliphatic rings. The van der Waals surface area contributed by atoms with Crippen LogP contribution in [0.4, 0.5) is 0 Å². The van der Waals surface area contributed by atoms with Gasteiger partial charge in [0, 0.05) is 16.9 Å². The Bertz CT molecular complexity index is 538. The third-order valence-corrected chi connectivity index (χ3v) is 3.57. The first-order valence-corrected chi connectivity index (χ1v) is 7.45. The Morgan fingerprint density at radius 1 is 1.20 bits per heavy atom. The van der Waals surface area contributed by atoms with Gasteiger partial charge in [0.05, 0.1) is 0 Å². The van der Waals surface area contributed by atoms with Gasteiger partial charge in [0.25, 0.3) is 5.91 Å². The van der Waals surface area contributed by atoms with Crippen LogP contribution in [-0.4, -0.2) is 16.9 Å². The molecule has 1 aromatic heterocycles. The maximum atomic E-state index is 12.2. The Morgan fingerprint density at radius 3 is 2.65 bits per heavy atom. The standard InChI is InChI=1S/C17H24N2O/c1-12(2)7-6-8-13(3)18-17(20)16-11-14-9-4-5-10-15(14)19-16/h4-5,9-13,19H,6-8H2,1-3H3,(H,18,20). The monoisotopic (exact) mass is 272 g/mol. The predicted molar refractivity (Wildman–Crippen MR) is 83.9 cm³/mol. The van der Waals surface area contributed by atoms with Crippen molar-refractivity contribution in [3.05, 3.63) is 36.0 Å². The van der Waals surface area contributed by atoms with Gasteiger partial charge in [-0.15, -0.1) is 0 Å². The summed E-state index contributed by atoms with van der Waals surface area (Å²) in [6.07, 6.45) is 3.41. The summed E-state index contributed by atoms with van der Waals surface area (Å²) in [6.45, 7) is 6.53. The molecule has 0 bridgehead atoms. The van der Waals surface area contributed by atoms with E-state index in [9.17, 15) is 4.79 Å². The van der Waals surface area contributed by atoms with E-state index in [2.05, 4.69) is 31.1 Å². The number of aromatic amines is 1. The predicted octanol–water partition coefficient (Wildman–Crippen LogP) is 4.11. The van der Waals surface area contributed by atoms with Crippen LogP contribution in [0.2, 0.25) is 0 Å². The van der Waals surface area contributed by atoms with E-state index in [1.54, 1.807) is 0 Å². The van der Waals surface area contributed by atoms with Crippen LogP contribution in [0.5, 0.6) is 0 Å². The molecule has 1 amide bonds. The van der Waals surface area contributed by atoms with Crippen molar-refractivity contribution in [3.63, 3.8) is 0 Å². The highest BCUT2D eigenvalue weighted by Gasteiger charge is 2.12. The number of amides is 1. The molecule has 0 fully saturated rings. The molecule has 0 saturated carbocycles. The number of carbonyl (C=O) groups is 1. The Balaban J connectivity index is 1.90. The highest BCUT2D eigenvalue weighted by molar-refractivity contribution is 5.98. The second-order valence-electron chi connectivity index (χ2n) is 5.97. The Kier molecular flexibility index (Phi) is 4.83. The summed E-state index contributed by atoms with van der Waals surface area (Å²) in [4.78, 5) is 15.3. The van der Waals surface area contributed by atoms with Crippen LogP contribution in [0, 0.1) is 5.92 Å². The molecule has 3 heteroatoms. The molecule has 2 aromatic rings. The normalized spacial score (nSPS) is 12.8. The number of hydrogen-bond donors (Lipinski definition) is 2. The van der Waals surface area contributed by atoms with Gasteiger partial charge in [-0.1, -0.05) is 44.9 Å². The number of carbonyl (C=O) groups excluding carboxylic acids is 1. The number of fused-ring (bicyclic) bond motifs is 1. The summed E-state index contributed by atoms with van der Waals surface area (Å²) < 4.78 is 0. The van der Waals surface area contributed by atoms with Crippen LogP contribution in [0.1, 0.15) is 50.5 Å². The van der Waals surface area contributed by atoms with Crippen molar-refractivity contribution in [2.75, 3.05) is 0 Å². The highest BCUT2D eigenvalue weighted by atomic mass is 16.1. The number of aromatic nitrogens is 1. The molecule has 0 saturated heterocycles. The van der Waals surface area contributed by atoms with E-state index in [1.807, 2.05) is 30.3 Å². The Hall–Kier alpha value is -1.77. The smallest absolute Gasteiger partial charge is 0.267 e. The third-order valence-electron chi connectivity index (χ3n) is 3.57. The van der Waals surface area contributed by atoms with Crippen LogP contribution >= 0.6 is 0 Å². The number of nitrogens with one attached hydrogen (secondary N) is 2. The van der Waals surface area contributed by atoms with Gasteiger partial charge in [-0.3, -0.25) is 4.79 Å². The fourth-order valence-corrected chi connectivity index (χ4v) is 2.40. The molecular weight excluding hydrogens is 248 g/mol. The van der Waals surface area contributed by atoms with Gasteiger partial charge in [-0.25, -0.2) is 0 Å². The fraction of sp³-hybridized carbons (Fsp3) is 0.471. The van der Waals surface area contributed by atoms with Crippen molar-refractivity contribution in [2.45, 2.75) is 46.1 Å². The lowest BCUT2D eigenvalue weighted by Crippen LogP contribution is -2.32.